The van der Waals surface area contributed by atoms with Crippen molar-refractivity contribution in [1.29, 1.82) is 0 Å². The first-order valence-corrected chi connectivity index (χ1v) is 9.68. The molecule has 160 valence electrons. The van der Waals surface area contributed by atoms with Crippen molar-refractivity contribution in [3.63, 3.8) is 0 Å². The molecule has 0 aliphatic heterocycles. The number of para-hydroxylation sites is 2. The standard InChI is InChI=1S/C24H14F5N3/c25-18-10-9-15-14(11-12-30-22(15)21(18)26)13-32-20-8-4-3-7-19(20)31-23(32)16-5-1-2-6-17(16)24(27,28)29/h1-12H,13H2. The third kappa shape index (κ3) is 3.28. The topological polar surface area (TPSA) is 30.7 Å². The number of alkyl halides is 3. The smallest absolute Gasteiger partial charge is 0.319 e. The minimum Gasteiger partial charge on any atom is -0.319 e. The fourth-order valence-electron chi connectivity index (χ4n) is 3.89. The van der Waals surface area contributed by atoms with E-state index in [0.29, 0.717) is 22.0 Å². The third-order valence-electron chi connectivity index (χ3n) is 5.35. The summed E-state index contributed by atoms with van der Waals surface area (Å²) in [6.07, 6.45) is -3.22. The quantitative estimate of drug-likeness (QED) is 0.297. The van der Waals surface area contributed by atoms with Gasteiger partial charge in [-0.15, -0.1) is 0 Å². The Balaban J connectivity index is 1.75. The van der Waals surface area contributed by atoms with Gasteiger partial charge in [0.1, 0.15) is 11.3 Å². The predicted octanol–water partition coefficient (Wildman–Crippen LogP) is 6.60. The summed E-state index contributed by atoms with van der Waals surface area (Å²) in [6.45, 7) is 0.0894. The third-order valence-corrected chi connectivity index (χ3v) is 5.35. The Kier molecular flexibility index (Phi) is 4.65. The van der Waals surface area contributed by atoms with E-state index >= 15 is 0 Å². The first-order chi connectivity index (χ1) is 15.3. The highest BCUT2D eigenvalue weighted by Crippen LogP contribution is 2.38. The molecule has 5 aromatic rings. The molecule has 3 nitrogen and oxygen atoms in total. The molecule has 32 heavy (non-hydrogen) atoms. The molecule has 3 aromatic carbocycles. The van der Waals surface area contributed by atoms with Crippen LogP contribution in [0.1, 0.15) is 11.1 Å². The second-order valence-corrected chi connectivity index (χ2v) is 7.28. The molecule has 0 aliphatic rings. The monoisotopic (exact) mass is 439 g/mol. The van der Waals surface area contributed by atoms with E-state index in [1.165, 1.54) is 30.5 Å². The molecule has 2 aromatic heterocycles. The molecule has 8 heteroatoms. The van der Waals surface area contributed by atoms with Crippen LogP contribution in [0, 0.1) is 11.6 Å². The molecule has 0 radical (unpaired) electrons. The summed E-state index contributed by atoms with van der Waals surface area (Å²) in [7, 11) is 0. The first-order valence-electron chi connectivity index (χ1n) is 9.68. The van der Waals surface area contributed by atoms with Crippen molar-refractivity contribution in [3.8, 4) is 11.4 Å². The molecular formula is C24H14F5N3. The SMILES string of the molecule is Fc1ccc2c(Cn3c(-c4ccccc4C(F)(F)F)nc4ccccc43)ccnc2c1F. The normalized spacial score (nSPS) is 12.0. The molecule has 0 saturated heterocycles. The van der Waals surface area contributed by atoms with Crippen molar-refractivity contribution < 1.29 is 22.0 Å². The fourth-order valence-corrected chi connectivity index (χ4v) is 3.89. The molecule has 0 aliphatic carbocycles. The van der Waals surface area contributed by atoms with E-state index in [0.717, 1.165) is 12.1 Å². The van der Waals surface area contributed by atoms with Crippen LogP contribution in [-0.4, -0.2) is 14.5 Å². The number of aromatic nitrogens is 3. The van der Waals surface area contributed by atoms with Gasteiger partial charge in [0, 0.05) is 17.1 Å². The molecule has 0 spiro atoms. The number of hydrogen-bond acceptors (Lipinski definition) is 2. The Morgan fingerprint density at radius 1 is 0.844 bits per heavy atom. The second-order valence-electron chi connectivity index (χ2n) is 7.28. The van der Waals surface area contributed by atoms with Gasteiger partial charge in [0.05, 0.1) is 23.1 Å². The lowest BCUT2D eigenvalue weighted by Gasteiger charge is -2.15. The van der Waals surface area contributed by atoms with Gasteiger partial charge in [-0.25, -0.2) is 13.8 Å². The predicted molar refractivity (Wildman–Crippen MR) is 111 cm³/mol. The van der Waals surface area contributed by atoms with E-state index in [4.69, 9.17) is 0 Å². The van der Waals surface area contributed by atoms with Crippen LogP contribution in [0.4, 0.5) is 22.0 Å². The molecule has 0 bridgehead atoms. The number of fused-ring (bicyclic) bond motifs is 2. The Hall–Kier alpha value is -3.81. The zero-order chi connectivity index (χ0) is 22.5. The van der Waals surface area contributed by atoms with Crippen LogP contribution in [0.5, 0.6) is 0 Å². The summed E-state index contributed by atoms with van der Waals surface area (Å²) in [4.78, 5) is 8.41. The average Bonchev–Trinajstić information content (AvgIpc) is 3.14. The number of hydrogen-bond donors (Lipinski definition) is 0. The summed E-state index contributed by atoms with van der Waals surface area (Å²) < 4.78 is 70.7. The minimum atomic E-state index is -4.57. The van der Waals surface area contributed by atoms with Crippen molar-refractivity contribution >= 4 is 21.9 Å². The number of rotatable bonds is 3. The van der Waals surface area contributed by atoms with Crippen LogP contribution in [0.3, 0.4) is 0 Å². The van der Waals surface area contributed by atoms with E-state index in [1.807, 2.05) is 0 Å². The Morgan fingerprint density at radius 3 is 2.41 bits per heavy atom. The van der Waals surface area contributed by atoms with E-state index in [-0.39, 0.29) is 23.4 Å². The summed E-state index contributed by atoms with van der Waals surface area (Å²) in [5.74, 6) is -1.95. The highest BCUT2D eigenvalue weighted by molar-refractivity contribution is 5.84. The lowest BCUT2D eigenvalue weighted by Crippen LogP contribution is -2.10. The van der Waals surface area contributed by atoms with Crippen molar-refractivity contribution in [3.05, 3.63) is 95.7 Å². The number of halogens is 5. The molecule has 0 unspecified atom stereocenters. The van der Waals surface area contributed by atoms with Crippen LogP contribution in [-0.2, 0) is 12.7 Å². The number of pyridine rings is 1. The van der Waals surface area contributed by atoms with E-state index in [9.17, 15) is 22.0 Å². The number of benzene rings is 3. The maximum absolute atomic E-state index is 14.3. The number of nitrogens with zero attached hydrogens (tertiary/aromatic N) is 3. The molecule has 0 fully saturated rings. The second kappa shape index (κ2) is 7.40. The van der Waals surface area contributed by atoms with Gasteiger partial charge in [-0.3, -0.25) is 4.98 Å². The van der Waals surface area contributed by atoms with E-state index in [1.54, 1.807) is 34.9 Å². The Morgan fingerprint density at radius 2 is 1.59 bits per heavy atom. The zero-order valence-electron chi connectivity index (χ0n) is 16.4. The van der Waals surface area contributed by atoms with Crippen molar-refractivity contribution in [2.45, 2.75) is 12.7 Å². The average molecular weight is 439 g/mol. The zero-order valence-corrected chi connectivity index (χ0v) is 16.4. The highest BCUT2D eigenvalue weighted by Gasteiger charge is 2.34. The molecule has 2 heterocycles. The Bertz CT molecular complexity index is 1470. The van der Waals surface area contributed by atoms with Crippen LogP contribution in [0.2, 0.25) is 0 Å². The molecule has 5 rings (SSSR count). The van der Waals surface area contributed by atoms with Gasteiger partial charge in [-0.05, 0) is 42.0 Å². The molecular weight excluding hydrogens is 425 g/mol. The first kappa shape index (κ1) is 20.1. The summed E-state index contributed by atoms with van der Waals surface area (Å²) >= 11 is 0. The summed E-state index contributed by atoms with van der Waals surface area (Å²) in [6, 6.07) is 16.3. The van der Waals surface area contributed by atoms with Gasteiger partial charge >= 0.3 is 6.18 Å². The summed E-state index contributed by atoms with van der Waals surface area (Å²) in [5, 5.41) is 0.374. The van der Waals surface area contributed by atoms with Gasteiger partial charge < -0.3 is 4.57 Å². The van der Waals surface area contributed by atoms with E-state index < -0.39 is 23.4 Å². The van der Waals surface area contributed by atoms with Crippen molar-refractivity contribution in [1.82, 2.24) is 14.5 Å². The molecule has 0 saturated carbocycles. The van der Waals surface area contributed by atoms with Crippen molar-refractivity contribution in [2.75, 3.05) is 0 Å². The fraction of sp³-hybridized carbons (Fsp3) is 0.0833. The lowest BCUT2D eigenvalue weighted by molar-refractivity contribution is -0.137. The lowest BCUT2D eigenvalue weighted by atomic mass is 10.1. The van der Waals surface area contributed by atoms with Crippen LogP contribution in [0.25, 0.3) is 33.3 Å². The van der Waals surface area contributed by atoms with Crippen molar-refractivity contribution in [2.24, 2.45) is 0 Å². The Labute approximate surface area is 178 Å². The van der Waals surface area contributed by atoms with Gasteiger partial charge in [0.2, 0.25) is 0 Å². The van der Waals surface area contributed by atoms with Crippen LogP contribution < -0.4 is 0 Å². The number of imidazole rings is 1. The van der Waals surface area contributed by atoms with Gasteiger partial charge in [-0.2, -0.15) is 13.2 Å². The summed E-state index contributed by atoms with van der Waals surface area (Å²) in [5.41, 5.74) is 0.713. The maximum Gasteiger partial charge on any atom is 0.417 e. The maximum atomic E-state index is 14.3. The van der Waals surface area contributed by atoms with Gasteiger partial charge in [0.15, 0.2) is 11.6 Å². The minimum absolute atomic E-state index is 0.0632. The highest BCUT2D eigenvalue weighted by atomic mass is 19.4. The van der Waals surface area contributed by atoms with E-state index in [2.05, 4.69) is 9.97 Å². The van der Waals surface area contributed by atoms with Gasteiger partial charge in [-0.1, -0.05) is 30.3 Å². The van der Waals surface area contributed by atoms with Gasteiger partial charge in [0.25, 0.3) is 0 Å². The molecule has 0 N–H and O–H groups in total. The van der Waals surface area contributed by atoms with Crippen LogP contribution >= 0.6 is 0 Å². The molecule has 0 atom stereocenters. The molecule has 0 amide bonds. The largest absolute Gasteiger partial charge is 0.417 e. The van der Waals surface area contributed by atoms with Crippen LogP contribution in [0.15, 0.2) is 72.9 Å².